The summed E-state index contributed by atoms with van der Waals surface area (Å²) in [5.74, 6) is 0.898. The maximum atomic E-state index is 4.61. The van der Waals surface area contributed by atoms with Crippen LogP contribution < -0.4 is 5.32 Å². The van der Waals surface area contributed by atoms with Gasteiger partial charge in [-0.05, 0) is 42.9 Å². The molecule has 1 atom stereocenters. The minimum Gasteiger partial charge on any atom is -0.361 e. The van der Waals surface area contributed by atoms with E-state index < -0.39 is 0 Å². The normalized spacial score (nSPS) is 12.2. The molecule has 142 valence electrons. The lowest BCUT2D eigenvalue weighted by molar-refractivity contribution is 0.611. The molecule has 2 heterocycles. The van der Waals surface area contributed by atoms with Gasteiger partial charge in [-0.25, -0.2) is 9.50 Å². The van der Waals surface area contributed by atoms with Crippen LogP contribution in [-0.4, -0.2) is 14.6 Å². The van der Waals surface area contributed by atoms with Crippen molar-refractivity contribution in [2.24, 2.45) is 0 Å². The van der Waals surface area contributed by atoms with Crippen molar-refractivity contribution >= 4 is 11.3 Å². The highest BCUT2D eigenvalue weighted by Gasteiger charge is 2.15. The predicted octanol–water partition coefficient (Wildman–Crippen LogP) is 5.60. The van der Waals surface area contributed by atoms with Gasteiger partial charge in [-0.3, -0.25) is 0 Å². The molecule has 0 aliphatic rings. The lowest BCUT2D eigenvalue weighted by Gasteiger charge is -2.20. The number of nitrogens with zero attached hydrogens (tertiary/aromatic N) is 3. The Morgan fingerprint density at radius 1 is 0.964 bits per heavy atom. The van der Waals surface area contributed by atoms with Gasteiger partial charge in [-0.1, -0.05) is 67.1 Å². The number of hydrogen-bond donors (Lipinski definition) is 1. The third kappa shape index (κ3) is 4.22. The highest BCUT2D eigenvalue weighted by molar-refractivity contribution is 5.71. The molecule has 0 fully saturated rings. The fourth-order valence-corrected chi connectivity index (χ4v) is 3.69. The molecule has 4 heteroatoms. The van der Waals surface area contributed by atoms with Crippen LogP contribution in [0.1, 0.15) is 42.0 Å². The molecule has 0 aliphatic carbocycles. The smallest absolute Gasteiger partial charge is 0.152 e. The summed E-state index contributed by atoms with van der Waals surface area (Å²) < 4.78 is 1.89. The van der Waals surface area contributed by atoms with E-state index >= 15 is 0 Å². The summed E-state index contributed by atoms with van der Waals surface area (Å²) in [6.45, 7) is 2.08. The Hall–Kier alpha value is -3.14. The highest BCUT2D eigenvalue weighted by atomic mass is 15.2. The summed E-state index contributed by atoms with van der Waals surface area (Å²) in [6.07, 6.45) is 10.1. The van der Waals surface area contributed by atoms with Gasteiger partial charge in [-0.2, -0.15) is 5.10 Å². The molecule has 2 aromatic carbocycles. The summed E-state index contributed by atoms with van der Waals surface area (Å²) in [7, 11) is 0. The van der Waals surface area contributed by atoms with Crippen LogP contribution in [0.15, 0.2) is 79.3 Å². The van der Waals surface area contributed by atoms with Crippen molar-refractivity contribution in [2.45, 2.75) is 38.6 Å². The van der Waals surface area contributed by atoms with Crippen LogP contribution in [0.4, 0.5) is 5.82 Å². The molecule has 1 unspecified atom stereocenters. The van der Waals surface area contributed by atoms with Crippen molar-refractivity contribution in [3.05, 3.63) is 95.9 Å². The lowest BCUT2D eigenvalue weighted by atomic mass is 9.99. The summed E-state index contributed by atoms with van der Waals surface area (Å²) >= 11 is 0. The van der Waals surface area contributed by atoms with Crippen molar-refractivity contribution in [1.82, 2.24) is 14.6 Å². The topological polar surface area (TPSA) is 42.2 Å². The molecule has 1 N–H and O–H groups in total. The van der Waals surface area contributed by atoms with E-state index in [9.17, 15) is 0 Å². The Labute approximate surface area is 166 Å². The minimum atomic E-state index is 0.227. The van der Waals surface area contributed by atoms with Crippen molar-refractivity contribution in [2.75, 3.05) is 5.32 Å². The SMILES string of the molecule is Cc1cnn2ccnc(NC(CCCCc3ccccc3)c3ccccc3)c12. The maximum absolute atomic E-state index is 4.61. The fraction of sp³-hybridized carbons (Fsp3) is 0.250. The molecule has 0 saturated heterocycles. The number of nitrogens with one attached hydrogen (secondary N) is 1. The Balaban J connectivity index is 1.48. The van der Waals surface area contributed by atoms with Crippen LogP contribution in [0.25, 0.3) is 5.52 Å². The van der Waals surface area contributed by atoms with Gasteiger partial charge in [-0.15, -0.1) is 0 Å². The first-order valence-electron chi connectivity index (χ1n) is 9.95. The third-order valence-electron chi connectivity index (χ3n) is 5.18. The molecular weight excluding hydrogens is 344 g/mol. The summed E-state index contributed by atoms with van der Waals surface area (Å²) in [4.78, 5) is 4.61. The molecule has 0 aliphatic heterocycles. The first-order valence-corrected chi connectivity index (χ1v) is 9.95. The Kier molecular flexibility index (Phi) is 5.66. The molecule has 4 nitrogen and oxygen atoms in total. The second-order valence-corrected chi connectivity index (χ2v) is 7.24. The van der Waals surface area contributed by atoms with Crippen molar-refractivity contribution in [1.29, 1.82) is 0 Å². The number of fused-ring (bicyclic) bond motifs is 1. The van der Waals surface area contributed by atoms with Crippen molar-refractivity contribution in [3.63, 3.8) is 0 Å². The van der Waals surface area contributed by atoms with Crippen LogP contribution in [0, 0.1) is 6.92 Å². The quantitative estimate of drug-likeness (QED) is 0.410. The molecule has 0 saturated carbocycles. The van der Waals surface area contributed by atoms with E-state index in [0.29, 0.717) is 0 Å². The van der Waals surface area contributed by atoms with E-state index in [2.05, 4.69) is 83.0 Å². The van der Waals surface area contributed by atoms with Gasteiger partial charge < -0.3 is 5.32 Å². The first kappa shape index (κ1) is 18.2. The number of aromatic nitrogens is 3. The summed E-state index contributed by atoms with van der Waals surface area (Å²) in [6, 6.07) is 21.6. The Morgan fingerprint density at radius 2 is 1.71 bits per heavy atom. The molecule has 0 bridgehead atoms. The highest BCUT2D eigenvalue weighted by Crippen LogP contribution is 2.27. The van der Waals surface area contributed by atoms with Gasteiger partial charge in [0.05, 0.1) is 12.2 Å². The van der Waals surface area contributed by atoms with Gasteiger partial charge in [0.15, 0.2) is 5.82 Å². The van der Waals surface area contributed by atoms with Crippen LogP contribution in [0.3, 0.4) is 0 Å². The molecule has 0 amide bonds. The number of rotatable bonds is 8. The number of unbranched alkanes of at least 4 members (excludes halogenated alkanes) is 1. The Bertz CT molecular complexity index is 1010. The van der Waals surface area contributed by atoms with E-state index in [-0.39, 0.29) is 6.04 Å². The van der Waals surface area contributed by atoms with E-state index in [1.54, 1.807) is 6.20 Å². The first-order chi connectivity index (χ1) is 13.8. The second kappa shape index (κ2) is 8.70. The lowest BCUT2D eigenvalue weighted by Crippen LogP contribution is -2.13. The van der Waals surface area contributed by atoms with Crippen LogP contribution in [0.2, 0.25) is 0 Å². The van der Waals surface area contributed by atoms with Crippen LogP contribution in [-0.2, 0) is 6.42 Å². The molecule has 28 heavy (non-hydrogen) atoms. The van der Waals surface area contributed by atoms with Crippen LogP contribution in [0.5, 0.6) is 0 Å². The van der Waals surface area contributed by atoms with Gasteiger partial charge in [0, 0.05) is 12.4 Å². The van der Waals surface area contributed by atoms with Crippen molar-refractivity contribution < 1.29 is 0 Å². The largest absolute Gasteiger partial charge is 0.361 e. The maximum Gasteiger partial charge on any atom is 0.152 e. The average molecular weight is 371 g/mol. The third-order valence-corrected chi connectivity index (χ3v) is 5.18. The summed E-state index contributed by atoms with van der Waals surface area (Å²) in [5, 5.41) is 8.10. The standard InChI is InChI=1S/C24H26N4/c1-19-18-26-28-17-16-25-24(23(19)28)27-22(21-13-6-3-7-14-21)15-9-8-12-20-10-4-2-5-11-20/h2-7,10-11,13-14,16-18,22H,8-9,12,15H2,1H3,(H,25,27). The van der Waals surface area contributed by atoms with Gasteiger partial charge >= 0.3 is 0 Å². The minimum absolute atomic E-state index is 0.227. The molecule has 0 spiro atoms. The van der Waals surface area contributed by atoms with E-state index in [0.717, 1.165) is 36.2 Å². The van der Waals surface area contributed by atoms with Gasteiger partial charge in [0.2, 0.25) is 0 Å². The van der Waals surface area contributed by atoms with E-state index in [4.69, 9.17) is 0 Å². The zero-order valence-electron chi connectivity index (χ0n) is 16.3. The monoisotopic (exact) mass is 370 g/mol. The van der Waals surface area contributed by atoms with E-state index in [1.165, 1.54) is 17.5 Å². The zero-order chi connectivity index (χ0) is 19.2. The van der Waals surface area contributed by atoms with Crippen LogP contribution >= 0.6 is 0 Å². The van der Waals surface area contributed by atoms with Gasteiger partial charge in [0.25, 0.3) is 0 Å². The number of aryl methyl sites for hydroxylation is 2. The molecule has 4 rings (SSSR count). The zero-order valence-corrected chi connectivity index (χ0v) is 16.3. The predicted molar refractivity (Wildman–Crippen MR) is 115 cm³/mol. The molecule has 4 aromatic rings. The second-order valence-electron chi connectivity index (χ2n) is 7.24. The molecule has 0 radical (unpaired) electrons. The van der Waals surface area contributed by atoms with Gasteiger partial charge in [0.1, 0.15) is 5.52 Å². The summed E-state index contributed by atoms with van der Waals surface area (Å²) in [5.41, 5.74) is 4.88. The molecule has 2 aromatic heterocycles. The van der Waals surface area contributed by atoms with E-state index in [1.807, 2.05) is 16.9 Å². The number of benzene rings is 2. The van der Waals surface area contributed by atoms with Crippen molar-refractivity contribution in [3.8, 4) is 0 Å². The Morgan fingerprint density at radius 3 is 2.50 bits per heavy atom. The number of anilines is 1. The molecular formula is C24H26N4. The number of hydrogen-bond acceptors (Lipinski definition) is 3. The average Bonchev–Trinajstić information content (AvgIpc) is 3.13. The fourth-order valence-electron chi connectivity index (χ4n) is 3.69.